The van der Waals surface area contributed by atoms with E-state index < -0.39 is 0 Å². The first-order valence-corrected chi connectivity index (χ1v) is 7.28. The number of carbonyl (C=O) groups is 1. The molecular formula is C16H26N2O2. The lowest BCUT2D eigenvalue weighted by molar-refractivity contribution is -0.130. The molecule has 0 fully saturated rings. The maximum atomic E-state index is 12.0. The van der Waals surface area contributed by atoms with E-state index in [-0.39, 0.29) is 11.9 Å². The first-order chi connectivity index (χ1) is 9.56. The standard InChI is InChI=1S/C16H26N2O2/c1-4-6-14(17)11-16(19)18(3)12-13-7-9-15(10-8-13)20-5-2/h7-10,14H,4-6,11-12,17H2,1-3H3. The van der Waals surface area contributed by atoms with Crippen molar-refractivity contribution >= 4 is 5.91 Å². The maximum absolute atomic E-state index is 12.0. The molecule has 1 aromatic rings. The summed E-state index contributed by atoms with van der Waals surface area (Å²) >= 11 is 0. The highest BCUT2D eigenvalue weighted by atomic mass is 16.5. The predicted octanol–water partition coefficient (Wildman–Crippen LogP) is 2.56. The van der Waals surface area contributed by atoms with Gasteiger partial charge < -0.3 is 15.4 Å². The molecule has 0 aliphatic carbocycles. The number of ether oxygens (including phenoxy) is 1. The Morgan fingerprint density at radius 3 is 2.50 bits per heavy atom. The van der Waals surface area contributed by atoms with Crippen LogP contribution in [-0.2, 0) is 11.3 Å². The Morgan fingerprint density at radius 1 is 1.30 bits per heavy atom. The maximum Gasteiger partial charge on any atom is 0.224 e. The Morgan fingerprint density at radius 2 is 1.95 bits per heavy atom. The summed E-state index contributed by atoms with van der Waals surface area (Å²) in [5.41, 5.74) is 7.00. The summed E-state index contributed by atoms with van der Waals surface area (Å²) in [5.74, 6) is 0.954. The van der Waals surface area contributed by atoms with E-state index >= 15 is 0 Å². The number of hydrogen-bond donors (Lipinski definition) is 1. The molecule has 4 heteroatoms. The highest BCUT2D eigenvalue weighted by Gasteiger charge is 2.13. The van der Waals surface area contributed by atoms with Crippen molar-refractivity contribution < 1.29 is 9.53 Å². The Balaban J connectivity index is 2.48. The SMILES string of the molecule is CCCC(N)CC(=O)N(C)Cc1ccc(OCC)cc1. The van der Waals surface area contributed by atoms with Gasteiger partial charge in [-0.15, -0.1) is 0 Å². The van der Waals surface area contributed by atoms with E-state index in [9.17, 15) is 4.79 Å². The van der Waals surface area contributed by atoms with Crippen molar-refractivity contribution in [2.24, 2.45) is 5.73 Å². The van der Waals surface area contributed by atoms with Crippen LogP contribution in [0.3, 0.4) is 0 Å². The fourth-order valence-electron chi connectivity index (χ4n) is 2.07. The first kappa shape index (κ1) is 16.5. The van der Waals surface area contributed by atoms with Gasteiger partial charge in [0.05, 0.1) is 6.61 Å². The van der Waals surface area contributed by atoms with Crippen molar-refractivity contribution in [1.82, 2.24) is 4.90 Å². The summed E-state index contributed by atoms with van der Waals surface area (Å²) in [6.45, 7) is 5.30. The van der Waals surface area contributed by atoms with Gasteiger partial charge in [0.1, 0.15) is 5.75 Å². The predicted molar refractivity (Wildman–Crippen MR) is 81.6 cm³/mol. The zero-order valence-electron chi connectivity index (χ0n) is 12.8. The number of benzene rings is 1. The second-order valence-corrected chi connectivity index (χ2v) is 5.08. The van der Waals surface area contributed by atoms with Crippen LogP contribution in [0.2, 0.25) is 0 Å². The van der Waals surface area contributed by atoms with E-state index in [2.05, 4.69) is 6.92 Å². The summed E-state index contributed by atoms with van der Waals surface area (Å²) in [7, 11) is 1.82. The van der Waals surface area contributed by atoms with E-state index in [0.29, 0.717) is 19.6 Å². The fourth-order valence-corrected chi connectivity index (χ4v) is 2.07. The Bertz CT molecular complexity index is 403. The number of nitrogens with two attached hydrogens (primary N) is 1. The zero-order chi connectivity index (χ0) is 15.0. The Kier molecular flexibility index (Phi) is 7.09. The van der Waals surface area contributed by atoms with Gasteiger partial charge in [-0.2, -0.15) is 0 Å². The second kappa shape index (κ2) is 8.59. The molecule has 1 unspecified atom stereocenters. The molecule has 0 heterocycles. The molecular weight excluding hydrogens is 252 g/mol. The van der Waals surface area contributed by atoms with E-state index in [1.807, 2.05) is 38.2 Å². The minimum atomic E-state index is -0.0321. The van der Waals surface area contributed by atoms with Crippen LogP contribution in [0.25, 0.3) is 0 Å². The molecule has 0 radical (unpaired) electrons. The van der Waals surface area contributed by atoms with Crippen LogP contribution in [-0.4, -0.2) is 30.5 Å². The van der Waals surface area contributed by atoms with Gasteiger partial charge in [-0.25, -0.2) is 0 Å². The number of carbonyl (C=O) groups excluding carboxylic acids is 1. The molecule has 0 aliphatic heterocycles. The molecule has 2 N–H and O–H groups in total. The van der Waals surface area contributed by atoms with Crippen LogP contribution in [0.5, 0.6) is 5.75 Å². The van der Waals surface area contributed by atoms with E-state index in [1.165, 1.54) is 0 Å². The van der Waals surface area contributed by atoms with Gasteiger partial charge in [0.15, 0.2) is 0 Å². The van der Waals surface area contributed by atoms with Crippen molar-refractivity contribution in [3.8, 4) is 5.75 Å². The molecule has 0 aromatic heterocycles. The van der Waals surface area contributed by atoms with Gasteiger partial charge in [-0.1, -0.05) is 25.5 Å². The van der Waals surface area contributed by atoms with Gasteiger partial charge in [-0.05, 0) is 31.0 Å². The third-order valence-corrected chi connectivity index (χ3v) is 3.18. The average molecular weight is 278 g/mol. The van der Waals surface area contributed by atoms with E-state index in [0.717, 1.165) is 24.2 Å². The Hall–Kier alpha value is -1.55. The number of hydrogen-bond acceptors (Lipinski definition) is 3. The average Bonchev–Trinajstić information content (AvgIpc) is 2.41. The summed E-state index contributed by atoms with van der Waals surface area (Å²) in [6, 6.07) is 7.80. The van der Waals surface area contributed by atoms with Crippen LogP contribution in [0.15, 0.2) is 24.3 Å². The molecule has 1 aromatic carbocycles. The molecule has 112 valence electrons. The second-order valence-electron chi connectivity index (χ2n) is 5.08. The van der Waals surface area contributed by atoms with Crippen molar-refractivity contribution in [3.63, 3.8) is 0 Å². The van der Waals surface area contributed by atoms with Crippen LogP contribution < -0.4 is 10.5 Å². The summed E-state index contributed by atoms with van der Waals surface area (Å²) in [5, 5.41) is 0. The highest BCUT2D eigenvalue weighted by molar-refractivity contribution is 5.76. The van der Waals surface area contributed by atoms with Crippen molar-refractivity contribution in [2.75, 3.05) is 13.7 Å². The largest absolute Gasteiger partial charge is 0.494 e. The molecule has 0 aliphatic rings. The fraction of sp³-hybridized carbons (Fsp3) is 0.562. The molecule has 1 atom stereocenters. The van der Waals surface area contributed by atoms with Gasteiger partial charge in [0.2, 0.25) is 5.91 Å². The minimum absolute atomic E-state index is 0.0321. The topological polar surface area (TPSA) is 55.6 Å². The summed E-state index contributed by atoms with van der Waals surface area (Å²) in [6.07, 6.45) is 2.32. The molecule has 1 amide bonds. The first-order valence-electron chi connectivity index (χ1n) is 7.28. The third kappa shape index (κ3) is 5.61. The van der Waals surface area contributed by atoms with Crippen LogP contribution in [0.1, 0.15) is 38.7 Å². The van der Waals surface area contributed by atoms with Gasteiger partial charge >= 0.3 is 0 Å². The highest BCUT2D eigenvalue weighted by Crippen LogP contribution is 2.13. The number of amides is 1. The zero-order valence-corrected chi connectivity index (χ0v) is 12.8. The van der Waals surface area contributed by atoms with Gasteiger partial charge in [-0.3, -0.25) is 4.79 Å². The molecule has 0 bridgehead atoms. The monoisotopic (exact) mass is 278 g/mol. The lowest BCUT2D eigenvalue weighted by Gasteiger charge is -2.19. The lowest BCUT2D eigenvalue weighted by Crippen LogP contribution is -2.32. The van der Waals surface area contributed by atoms with Gasteiger partial charge in [0.25, 0.3) is 0 Å². The molecule has 20 heavy (non-hydrogen) atoms. The van der Waals surface area contributed by atoms with Crippen molar-refractivity contribution in [1.29, 1.82) is 0 Å². The van der Waals surface area contributed by atoms with E-state index in [4.69, 9.17) is 10.5 Å². The van der Waals surface area contributed by atoms with Crippen molar-refractivity contribution in [2.45, 2.75) is 45.7 Å². The molecule has 0 spiro atoms. The van der Waals surface area contributed by atoms with Gasteiger partial charge in [0, 0.05) is 26.1 Å². The summed E-state index contributed by atoms with van der Waals surface area (Å²) < 4.78 is 5.40. The number of rotatable bonds is 8. The van der Waals surface area contributed by atoms with E-state index in [1.54, 1.807) is 4.90 Å². The number of nitrogens with zero attached hydrogens (tertiary/aromatic N) is 1. The molecule has 1 rings (SSSR count). The normalized spacial score (nSPS) is 12.0. The smallest absolute Gasteiger partial charge is 0.224 e. The summed E-state index contributed by atoms with van der Waals surface area (Å²) in [4.78, 5) is 13.8. The Labute approximate surface area is 121 Å². The minimum Gasteiger partial charge on any atom is -0.494 e. The third-order valence-electron chi connectivity index (χ3n) is 3.18. The molecule has 4 nitrogen and oxygen atoms in total. The van der Waals surface area contributed by atoms with Crippen LogP contribution >= 0.6 is 0 Å². The quantitative estimate of drug-likeness (QED) is 0.795. The van der Waals surface area contributed by atoms with Crippen molar-refractivity contribution in [3.05, 3.63) is 29.8 Å². The molecule has 0 saturated carbocycles. The lowest BCUT2D eigenvalue weighted by atomic mass is 10.1. The van der Waals surface area contributed by atoms with Crippen LogP contribution in [0.4, 0.5) is 0 Å². The van der Waals surface area contributed by atoms with Crippen LogP contribution in [0, 0.1) is 0 Å². The molecule has 0 saturated heterocycles.